The molecular formula is C15H29NO3. The molecular weight excluding hydrogens is 242 g/mol. The van der Waals surface area contributed by atoms with Gasteiger partial charge in [-0.15, -0.1) is 0 Å². The Kier molecular flexibility index (Phi) is 6.27. The lowest BCUT2D eigenvalue weighted by Crippen LogP contribution is -2.44. The van der Waals surface area contributed by atoms with Gasteiger partial charge in [0.05, 0.1) is 18.8 Å². The molecule has 0 radical (unpaired) electrons. The highest BCUT2D eigenvalue weighted by Gasteiger charge is 2.31. The van der Waals surface area contributed by atoms with Crippen LogP contribution in [0.2, 0.25) is 0 Å². The summed E-state index contributed by atoms with van der Waals surface area (Å²) >= 11 is 0. The molecule has 0 aliphatic carbocycles. The monoisotopic (exact) mass is 271 g/mol. The molecule has 1 saturated heterocycles. The van der Waals surface area contributed by atoms with Crippen molar-refractivity contribution < 1.29 is 14.6 Å². The average Bonchev–Trinajstić information content (AvgIpc) is 2.39. The van der Waals surface area contributed by atoms with Crippen molar-refractivity contribution in [2.24, 2.45) is 11.3 Å². The number of hydrogen-bond acceptors (Lipinski definition) is 3. The zero-order valence-electron chi connectivity index (χ0n) is 12.7. The molecule has 112 valence electrons. The summed E-state index contributed by atoms with van der Waals surface area (Å²) in [6, 6.07) is 0. The van der Waals surface area contributed by atoms with Crippen LogP contribution >= 0.6 is 0 Å². The van der Waals surface area contributed by atoms with E-state index in [2.05, 4.69) is 19.2 Å². The summed E-state index contributed by atoms with van der Waals surface area (Å²) in [6.07, 6.45) is 3.64. The van der Waals surface area contributed by atoms with Gasteiger partial charge in [0.15, 0.2) is 0 Å². The third-order valence-electron chi connectivity index (χ3n) is 4.54. The van der Waals surface area contributed by atoms with Crippen LogP contribution in [0, 0.1) is 11.3 Å². The summed E-state index contributed by atoms with van der Waals surface area (Å²) in [7, 11) is 0. The van der Waals surface area contributed by atoms with E-state index < -0.39 is 0 Å². The van der Waals surface area contributed by atoms with Crippen LogP contribution in [-0.4, -0.2) is 36.4 Å². The molecule has 19 heavy (non-hydrogen) atoms. The smallest absolute Gasteiger partial charge is 0.223 e. The van der Waals surface area contributed by atoms with Gasteiger partial charge in [-0.2, -0.15) is 0 Å². The minimum absolute atomic E-state index is 0.0452. The lowest BCUT2D eigenvalue weighted by molar-refractivity contribution is -0.133. The molecule has 4 nitrogen and oxygen atoms in total. The number of carbonyl (C=O) groups is 1. The Morgan fingerprint density at radius 1 is 1.26 bits per heavy atom. The van der Waals surface area contributed by atoms with Crippen molar-refractivity contribution in [3.8, 4) is 0 Å². The summed E-state index contributed by atoms with van der Waals surface area (Å²) in [4.78, 5) is 12.2. The van der Waals surface area contributed by atoms with Gasteiger partial charge in [0.2, 0.25) is 5.91 Å². The molecule has 1 amide bonds. The van der Waals surface area contributed by atoms with Crippen LogP contribution in [-0.2, 0) is 9.53 Å². The lowest BCUT2D eigenvalue weighted by atomic mass is 9.83. The van der Waals surface area contributed by atoms with Gasteiger partial charge in [-0.05, 0) is 39.5 Å². The van der Waals surface area contributed by atoms with Crippen LogP contribution in [0.1, 0.15) is 53.4 Å². The highest BCUT2D eigenvalue weighted by atomic mass is 16.5. The first-order valence-electron chi connectivity index (χ1n) is 7.50. The second kappa shape index (κ2) is 7.25. The van der Waals surface area contributed by atoms with Crippen molar-refractivity contribution in [2.75, 3.05) is 13.2 Å². The average molecular weight is 271 g/mol. The molecule has 1 fully saturated rings. The highest BCUT2D eigenvalue weighted by molar-refractivity contribution is 5.78. The van der Waals surface area contributed by atoms with Crippen molar-refractivity contribution >= 4 is 5.91 Å². The molecule has 0 aromatic rings. The molecule has 0 spiro atoms. The fourth-order valence-corrected chi connectivity index (χ4v) is 2.82. The minimum atomic E-state index is -0.169. The largest absolute Gasteiger partial charge is 0.396 e. The van der Waals surface area contributed by atoms with E-state index in [1.165, 1.54) is 0 Å². The number of ether oxygens (including phenoxy) is 1. The summed E-state index contributed by atoms with van der Waals surface area (Å²) in [5.74, 6) is 0.158. The number of rotatable bonds is 6. The van der Waals surface area contributed by atoms with Gasteiger partial charge in [-0.1, -0.05) is 13.8 Å². The van der Waals surface area contributed by atoms with Gasteiger partial charge < -0.3 is 15.2 Å². The SMILES string of the molecule is CCC(CC)(CO)CNC(=O)C1CC(C)OC(C)C1. The Hall–Kier alpha value is -0.610. The molecule has 4 heteroatoms. The number of aliphatic hydroxyl groups is 1. The third kappa shape index (κ3) is 4.46. The van der Waals surface area contributed by atoms with E-state index in [0.29, 0.717) is 6.54 Å². The van der Waals surface area contributed by atoms with E-state index in [1.54, 1.807) is 0 Å². The maximum absolute atomic E-state index is 12.2. The Morgan fingerprint density at radius 3 is 2.21 bits per heavy atom. The molecule has 0 aromatic heterocycles. The summed E-state index contributed by atoms with van der Waals surface area (Å²) in [5, 5.41) is 12.5. The van der Waals surface area contributed by atoms with E-state index >= 15 is 0 Å². The number of nitrogens with one attached hydrogen (secondary N) is 1. The summed E-state index contributed by atoms with van der Waals surface area (Å²) in [6.45, 7) is 8.85. The second-order valence-electron chi connectivity index (χ2n) is 6.01. The zero-order valence-corrected chi connectivity index (χ0v) is 12.7. The second-order valence-corrected chi connectivity index (χ2v) is 6.01. The minimum Gasteiger partial charge on any atom is -0.396 e. The maximum atomic E-state index is 12.2. The molecule has 0 bridgehead atoms. The fraction of sp³-hybridized carbons (Fsp3) is 0.933. The van der Waals surface area contributed by atoms with E-state index in [-0.39, 0.29) is 36.1 Å². The van der Waals surface area contributed by atoms with Gasteiger partial charge in [-0.3, -0.25) is 4.79 Å². The van der Waals surface area contributed by atoms with Crippen molar-refractivity contribution in [1.29, 1.82) is 0 Å². The Morgan fingerprint density at radius 2 is 1.79 bits per heavy atom. The predicted octanol–water partition coefficient (Wildman–Crippen LogP) is 2.10. The molecule has 0 saturated carbocycles. The molecule has 1 heterocycles. The van der Waals surface area contributed by atoms with Crippen LogP contribution in [0.4, 0.5) is 0 Å². The molecule has 2 unspecified atom stereocenters. The van der Waals surface area contributed by atoms with Crippen LogP contribution in [0.15, 0.2) is 0 Å². The highest BCUT2D eigenvalue weighted by Crippen LogP contribution is 2.27. The Balaban J connectivity index is 2.50. The molecule has 1 aliphatic heterocycles. The van der Waals surface area contributed by atoms with E-state index in [4.69, 9.17) is 4.74 Å². The van der Waals surface area contributed by atoms with Crippen molar-refractivity contribution in [2.45, 2.75) is 65.6 Å². The van der Waals surface area contributed by atoms with Crippen LogP contribution in [0.3, 0.4) is 0 Å². The van der Waals surface area contributed by atoms with Crippen LogP contribution in [0.25, 0.3) is 0 Å². The normalized spacial score (nSPS) is 28.2. The van der Waals surface area contributed by atoms with Crippen molar-refractivity contribution in [3.63, 3.8) is 0 Å². The van der Waals surface area contributed by atoms with Gasteiger partial charge in [-0.25, -0.2) is 0 Å². The van der Waals surface area contributed by atoms with Crippen LogP contribution in [0.5, 0.6) is 0 Å². The van der Waals surface area contributed by atoms with Crippen molar-refractivity contribution in [1.82, 2.24) is 5.32 Å². The molecule has 2 N–H and O–H groups in total. The molecule has 0 aromatic carbocycles. The van der Waals surface area contributed by atoms with Gasteiger partial charge >= 0.3 is 0 Å². The summed E-state index contributed by atoms with van der Waals surface area (Å²) < 4.78 is 5.66. The first-order valence-corrected chi connectivity index (χ1v) is 7.50. The van der Waals surface area contributed by atoms with E-state index in [1.807, 2.05) is 13.8 Å². The van der Waals surface area contributed by atoms with E-state index in [0.717, 1.165) is 25.7 Å². The lowest BCUT2D eigenvalue weighted by Gasteiger charge is -2.33. The maximum Gasteiger partial charge on any atom is 0.223 e. The summed E-state index contributed by atoms with van der Waals surface area (Å²) in [5.41, 5.74) is -0.169. The first kappa shape index (κ1) is 16.4. The molecule has 2 atom stereocenters. The number of aliphatic hydroxyl groups excluding tert-OH is 1. The molecule has 1 rings (SSSR count). The quantitative estimate of drug-likeness (QED) is 0.778. The van der Waals surface area contributed by atoms with Gasteiger partial charge in [0, 0.05) is 17.9 Å². The molecule has 1 aliphatic rings. The van der Waals surface area contributed by atoms with Crippen molar-refractivity contribution in [3.05, 3.63) is 0 Å². The number of amides is 1. The van der Waals surface area contributed by atoms with Crippen LogP contribution < -0.4 is 5.32 Å². The number of carbonyl (C=O) groups excluding carboxylic acids is 1. The standard InChI is InChI=1S/C15H29NO3/c1-5-15(6-2,10-17)9-16-14(18)13-7-11(3)19-12(4)8-13/h11-13,17H,5-10H2,1-4H3,(H,16,18). The zero-order chi connectivity index (χ0) is 14.5. The predicted molar refractivity (Wildman–Crippen MR) is 75.8 cm³/mol. The van der Waals surface area contributed by atoms with Gasteiger partial charge in [0.1, 0.15) is 0 Å². The topological polar surface area (TPSA) is 58.6 Å². The third-order valence-corrected chi connectivity index (χ3v) is 4.54. The first-order chi connectivity index (χ1) is 8.96. The van der Waals surface area contributed by atoms with E-state index in [9.17, 15) is 9.90 Å². The fourth-order valence-electron chi connectivity index (χ4n) is 2.82. The van der Waals surface area contributed by atoms with Gasteiger partial charge in [0.25, 0.3) is 0 Å². The Labute approximate surface area is 116 Å². The Bertz CT molecular complexity index is 271. The number of hydrogen-bond donors (Lipinski definition) is 2.